The topological polar surface area (TPSA) is 49.4 Å². The van der Waals surface area contributed by atoms with Crippen molar-refractivity contribution in [3.63, 3.8) is 0 Å². The molecule has 2 aromatic carbocycles. The molecule has 0 aliphatic carbocycles. The molecule has 0 aromatic heterocycles. The molecule has 2 amide bonds. The maximum Gasteiger partial charge on any atom is 0.257 e. The van der Waals surface area contributed by atoms with Crippen LogP contribution in [0.2, 0.25) is 0 Å². The molecular weight excluding hydrogens is 369 g/mol. The van der Waals surface area contributed by atoms with Crippen LogP contribution < -0.4 is 5.32 Å². The number of likely N-dealkylation sites (tertiary alicyclic amines) is 1. The maximum atomic E-state index is 13.6. The number of amides is 2. The van der Waals surface area contributed by atoms with Gasteiger partial charge in [-0.3, -0.25) is 9.59 Å². The van der Waals surface area contributed by atoms with Gasteiger partial charge >= 0.3 is 0 Å². The first kappa shape index (κ1) is 19.9. The quantitative estimate of drug-likeness (QED) is 0.845. The summed E-state index contributed by atoms with van der Waals surface area (Å²) >= 11 is 0. The van der Waals surface area contributed by atoms with Crippen LogP contribution in [0.5, 0.6) is 0 Å². The molecule has 0 bridgehead atoms. The number of nitrogens with one attached hydrogen (secondary N) is 1. The van der Waals surface area contributed by atoms with E-state index in [9.17, 15) is 22.8 Å². The van der Waals surface area contributed by atoms with Crippen LogP contribution in [0.25, 0.3) is 0 Å². The summed E-state index contributed by atoms with van der Waals surface area (Å²) < 4.78 is 40.2. The number of rotatable bonds is 5. The summed E-state index contributed by atoms with van der Waals surface area (Å²) in [5.41, 5.74) is -0.110. The van der Waals surface area contributed by atoms with Crippen molar-refractivity contribution in [1.82, 2.24) is 10.2 Å². The second kappa shape index (κ2) is 8.91. The van der Waals surface area contributed by atoms with Gasteiger partial charge in [-0.1, -0.05) is 6.07 Å². The van der Waals surface area contributed by atoms with Crippen molar-refractivity contribution >= 4 is 11.8 Å². The molecule has 0 radical (unpaired) electrons. The molecule has 148 valence electrons. The monoisotopic (exact) mass is 390 g/mol. The average molecular weight is 390 g/mol. The van der Waals surface area contributed by atoms with Crippen LogP contribution >= 0.6 is 0 Å². The highest BCUT2D eigenvalue weighted by Gasteiger charge is 2.24. The molecule has 0 saturated carbocycles. The first-order valence-electron chi connectivity index (χ1n) is 9.22. The van der Waals surface area contributed by atoms with Crippen LogP contribution in [0.4, 0.5) is 13.2 Å². The van der Waals surface area contributed by atoms with E-state index >= 15 is 0 Å². The molecule has 28 heavy (non-hydrogen) atoms. The molecule has 3 rings (SSSR count). The molecule has 0 atom stereocenters. The molecule has 1 heterocycles. The van der Waals surface area contributed by atoms with Crippen LogP contribution in [0, 0.1) is 23.4 Å². The normalized spacial score (nSPS) is 14.8. The Balaban J connectivity index is 1.44. The Hall–Kier alpha value is -2.83. The lowest BCUT2D eigenvalue weighted by Crippen LogP contribution is -2.39. The van der Waals surface area contributed by atoms with Gasteiger partial charge in [0.2, 0.25) is 0 Å². The summed E-state index contributed by atoms with van der Waals surface area (Å²) in [6, 6.07) is 8.78. The van der Waals surface area contributed by atoms with Crippen LogP contribution in [0.3, 0.4) is 0 Å². The second-order valence-electron chi connectivity index (χ2n) is 6.88. The number of benzene rings is 2. The molecule has 0 unspecified atom stereocenters. The van der Waals surface area contributed by atoms with Gasteiger partial charge in [0.1, 0.15) is 23.0 Å². The number of carbonyl (C=O) groups is 2. The molecule has 7 heteroatoms. The zero-order valence-corrected chi connectivity index (χ0v) is 15.3. The van der Waals surface area contributed by atoms with E-state index < -0.39 is 23.1 Å². The summed E-state index contributed by atoms with van der Waals surface area (Å²) in [5, 5.41) is 2.56. The minimum atomic E-state index is -0.884. The van der Waals surface area contributed by atoms with Crippen molar-refractivity contribution in [2.24, 2.45) is 5.92 Å². The van der Waals surface area contributed by atoms with Gasteiger partial charge < -0.3 is 10.2 Å². The molecule has 1 N–H and O–H groups in total. The Morgan fingerprint density at radius 1 is 0.964 bits per heavy atom. The lowest BCUT2D eigenvalue weighted by Gasteiger charge is -2.32. The predicted octanol–water partition coefficient (Wildman–Crippen LogP) is 3.78. The molecule has 0 spiro atoms. The van der Waals surface area contributed by atoms with Crippen molar-refractivity contribution in [3.8, 4) is 0 Å². The number of hydrogen-bond donors (Lipinski definition) is 1. The van der Waals surface area contributed by atoms with E-state index in [1.807, 2.05) is 0 Å². The first-order valence-corrected chi connectivity index (χ1v) is 9.22. The van der Waals surface area contributed by atoms with E-state index in [0.717, 1.165) is 25.0 Å². The summed E-state index contributed by atoms with van der Waals surface area (Å²) in [6.45, 7) is 1.47. The third-order valence-electron chi connectivity index (χ3n) is 5.02. The molecule has 2 aromatic rings. The van der Waals surface area contributed by atoms with Crippen LogP contribution in [-0.2, 0) is 0 Å². The number of piperidine rings is 1. The van der Waals surface area contributed by atoms with E-state index in [0.29, 0.717) is 37.5 Å². The lowest BCUT2D eigenvalue weighted by molar-refractivity contribution is 0.0687. The lowest BCUT2D eigenvalue weighted by atomic mass is 9.93. The predicted molar refractivity (Wildman–Crippen MR) is 98.3 cm³/mol. The first-order chi connectivity index (χ1) is 13.5. The van der Waals surface area contributed by atoms with Crippen molar-refractivity contribution in [3.05, 3.63) is 71.0 Å². The van der Waals surface area contributed by atoms with Gasteiger partial charge in [0.25, 0.3) is 11.8 Å². The number of carbonyl (C=O) groups excluding carboxylic acids is 2. The molecule has 1 fully saturated rings. The van der Waals surface area contributed by atoms with E-state index in [1.54, 1.807) is 4.90 Å². The van der Waals surface area contributed by atoms with Crippen LogP contribution in [0.15, 0.2) is 42.5 Å². The zero-order valence-electron chi connectivity index (χ0n) is 15.3. The van der Waals surface area contributed by atoms with Gasteiger partial charge in [-0.15, -0.1) is 0 Å². The third-order valence-corrected chi connectivity index (χ3v) is 5.02. The Bertz CT molecular complexity index is 827. The summed E-state index contributed by atoms with van der Waals surface area (Å²) in [6.07, 6.45) is 2.22. The highest BCUT2D eigenvalue weighted by atomic mass is 19.1. The third kappa shape index (κ3) is 4.71. The van der Waals surface area contributed by atoms with E-state index in [4.69, 9.17) is 0 Å². The molecular formula is C21H21F3N2O2. The maximum absolute atomic E-state index is 13.6. The largest absolute Gasteiger partial charge is 0.352 e. The van der Waals surface area contributed by atoms with Crippen LogP contribution in [0.1, 0.15) is 40.0 Å². The summed E-state index contributed by atoms with van der Waals surface area (Å²) in [7, 11) is 0. The highest BCUT2D eigenvalue weighted by Crippen LogP contribution is 2.22. The second-order valence-corrected chi connectivity index (χ2v) is 6.88. The fraction of sp³-hybridized carbons (Fsp3) is 0.333. The smallest absolute Gasteiger partial charge is 0.257 e. The van der Waals surface area contributed by atoms with E-state index in [2.05, 4.69) is 5.32 Å². The minimum absolute atomic E-state index is 0.123. The van der Waals surface area contributed by atoms with E-state index in [-0.39, 0.29) is 11.7 Å². The van der Waals surface area contributed by atoms with Gasteiger partial charge in [-0.25, -0.2) is 13.2 Å². The van der Waals surface area contributed by atoms with Gasteiger partial charge in [-0.05, 0) is 61.6 Å². The Morgan fingerprint density at radius 3 is 2.18 bits per heavy atom. The molecule has 4 nitrogen and oxygen atoms in total. The number of nitrogens with zero attached hydrogens (tertiary/aromatic N) is 1. The van der Waals surface area contributed by atoms with Crippen molar-refractivity contribution in [2.75, 3.05) is 19.6 Å². The Labute approximate surface area is 161 Å². The Kier molecular flexibility index (Phi) is 6.34. The van der Waals surface area contributed by atoms with Gasteiger partial charge in [-0.2, -0.15) is 0 Å². The number of hydrogen-bond acceptors (Lipinski definition) is 2. The van der Waals surface area contributed by atoms with Gasteiger partial charge in [0, 0.05) is 25.2 Å². The molecule has 1 saturated heterocycles. The summed E-state index contributed by atoms with van der Waals surface area (Å²) in [4.78, 5) is 26.1. The average Bonchev–Trinajstić information content (AvgIpc) is 2.68. The SMILES string of the molecule is O=C(NCCC1CCN(C(=O)c2ccc(F)cc2)CC1)c1c(F)cccc1F. The van der Waals surface area contributed by atoms with Crippen LogP contribution in [-0.4, -0.2) is 36.3 Å². The fourth-order valence-corrected chi connectivity index (χ4v) is 3.39. The van der Waals surface area contributed by atoms with Crippen molar-refractivity contribution in [1.29, 1.82) is 0 Å². The zero-order chi connectivity index (χ0) is 20.1. The molecule has 1 aliphatic rings. The van der Waals surface area contributed by atoms with Crippen molar-refractivity contribution in [2.45, 2.75) is 19.3 Å². The van der Waals surface area contributed by atoms with Gasteiger partial charge in [0.15, 0.2) is 0 Å². The van der Waals surface area contributed by atoms with Crippen molar-refractivity contribution < 1.29 is 22.8 Å². The van der Waals surface area contributed by atoms with E-state index in [1.165, 1.54) is 30.3 Å². The summed E-state index contributed by atoms with van der Waals surface area (Å²) in [5.74, 6) is -2.73. The highest BCUT2D eigenvalue weighted by molar-refractivity contribution is 5.95. The number of halogens is 3. The minimum Gasteiger partial charge on any atom is -0.352 e. The molecule has 1 aliphatic heterocycles. The van der Waals surface area contributed by atoms with Gasteiger partial charge in [0.05, 0.1) is 0 Å². The fourth-order valence-electron chi connectivity index (χ4n) is 3.39. The Morgan fingerprint density at radius 2 is 1.57 bits per heavy atom. The standard InChI is InChI=1S/C21H21F3N2O2/c22-16-6-4-15(5-7-16)21(28)26-12-9-14(10-13-26)8-11-25-20(27)19-17(23)2-1-3-18(19)24/h1-7,14H,8-13H2,(H,25,27).